The zero-order valence-corrected chi connectivity index (χ0v) is 9.41. The summed E-state index contributed by atoms with van der Waals surface area (Å²) in [5.41, 5.74) is 0.699. The van der Waals surface area contributed by atoms with Crippen molar-refractivity contribution in [2.75, 3.05) is 6.61 Å². The minimum atomic E-state index is -0.476. The first kappa shape index (κ1) is 10.9. The number of carbonyl (C=O) groups is 2. The lowest BCUT2D eigenvalue weighted by Crippen LogP contribution is -2.19. The van der Waals surface area contributed by atoms with Gasteiger partial charge in [-0.3, -0.25) is 4.79 Å². The Labute approximate surface area is 93.6 Å². The van der Waals surface area contributed by atoms with Gasteiger partial charge >= 0.3 is 5.97 Å². The molecule has 0 aliphatic heterocycles. The molecule has 1 heterocycles. The Morgan fingerprint density at radius 1 is 1.56 bits per heavy atom. The average molecular weight is 222 g/mol. The molecule has 1 aromatic rings. The number of rotatable bonds is 2. The van der Waals surface area contributed by atoms with Gasteiger partial charge in [0.15, 0.2) is 5.78 Å². The van der Waals surface area contributed by atoms with E-state index < -0.39 is 5.97 Å². The number of hydrogen-bond acceptors (Lipinski definition) is 4. The third kappa shape index (κ3) is 1.75. The van der Waals surface area contributed by atoms with Crippen LogP contribution in [-0.2, 0) is 11.2 Å². The topological polar surface area (TPSA) is 56.5 Å². The molecule has 0 bridgehead atoms. The number of fused-ring (bicyclic) bond motifs is 1. The zero-order valence-electron chi connectivity index (χ0n) is 9.41. The van der Waals surface area contributed by atoms with Crippen LogP contribution in [0.2, 0.25) is 0 Å². The number of ether oxygens (including phenoxy) is 1. The lowest BCUT2D eigenvalue weighted by atomic mass is 9.87. The lowest BCUT2D eigenvalue weighted by molar-refractivity contribution is 0.0522. The number of hydrogen-bond donors (Lipinski definition) is 0. The van der Waals surface area contributed by atoms with E-state index in [2.05, 4.69) is 0 Å². The molecular formula is C12H14O4. The Morgan fingerprint density at radius 2 is 2.31 bits per heavy atom. The quantitative estimate of drug-likeness (QED) is 0.720. The van der Waals surface area contributed by atoms with Crippen LogP contribution in [0.3, 0.4) is 0 Å². The molecule has 0 saturated heterocycles. The van der Waals surface area contributed by atoms with Gasteiger partial charge < -0.3 is 9.15 Å². The van der Waals surface area contributed by atoms with E-state index in [1.54, 1.807) is 6.92 Å². The molecule has 4 nitrogen and oxygen atoms in total. The zero-order chi connectivity index (χ0) is 11.7. The highest BCUT2D eigenvalue weighted by Crippen LogP contribution is 2.29. The van der Waals surface area contributed by atoms with Crippen molar-refractivity contribution in [1.82, 2.24) is 0 Å². The fourth-order valence-electron chi connectivity index (χ4n) is 2.02. The number of ketones is 1. The highest BCUT2D eigenvalue weighted by Gasteiger charge is 2.31. The van der Waals surface area contributed by atoms with E-state index in [0.717, 1.165) is 0 Å². The van der Waals surface area contributed by atoms with Gasteiger partial charge in [-0.2, -0.15) is 0 Å². The number of furan rings is 1. The maximum atomic E-state index is 11.8. The predicted molar refractivity (Wildman–Crippen MR) is 56.5 cm³/mol. The Balaban J connectivity index is 2.37. The van der Waals surface area contributed by atoms with Crippen LogP contribution in [0.4, 0.5) is 0 Å². The Kier molecular flexibility index (Phi) is 2.81. The van der Waals surface area contributed by atoms with Crippen LogP contribution in [0.1, 0.15) is 46.7 Å². The van der Waals surface area contributed by atoms with E-state index in [-0.39, 0.29) is 17.3 Å². The number of carbonyl (C=O) groups excluding carboxylic acids is 2. The summed E-state index contributed by atoms with van der Waals surface area (Å²) < 4.78 is 10.2. The van der Waals surface area contributed by atoms with Gasteiger partial charge in [0.05, 0.1) is 12.2 Å². The molecule has 0 amide bonds. The van der Waals surface area contributed by atoms with Gasteiger partial charge in [-0.15, -0.1) is 0 Å². The van der Waals surface area contributed by atoms with Crippen LogP contribution in [0.15, 0.2) is 10.7 Å². The largest absolute Gasteiger partial charge is 0.468 e. The molecule has 1 aromatic heterocycles. The first-order valence-electron chi connectivity index (χ1n) is 5.44. The van der Waals surface area contributed by atoms with E-state index in [1.807, 2.05) is 6.92 Å². The minimum Gasteiger partial charge on any atom is -0.468 e. The first-order chi connectivity index (χ1) is 7.63. The fraction of sp³-hybridized carbons (Fsp3) is 0.500. The summed E-state index contributed by atoms with van der Waals surface area (Å²) in [6.45, 7) is 4.02. The third-order valence-corrected chi connectivity index (χ3v) is 2.71. The molecule has 2 rings (SSSR count). The summed E-state index contributed by atoms with van der Waals surface area (Å²) in [4.78, 5) is 23.4. The van der Waals surface area contributed by atoms with Crippen molar-refractivity contribution in [2.24, 2.45) is 5.92 Å². The molecule has 1 aliphatic rings. The summed E-state index contributed by atoms with van der Waals surface area (Å²) in [6.07, 6.45) is 2.51. The van der Waals surface area contributed by atoms with Crippen molar-refractivity contribution in [3.63, 3.8) is 0 Å². The van der Waals surface area contributed by atoms with E-state index in [0.29, 0.717) is 30.8 Å². The standard InChI is InChI=1S/C12H14O4/c1-3-15-12(14)8-6-16-10-5-7(2)4-9(13)11(8)10/h6-7H,3-5H2,1-2H3/t7-/m1/s1. The van der Waals surface area contributed by atoms with Crippen LogP contribution < -0.4 is 0 Å². The summed E-state index contributed by atoms with van der Waals surface area (Å²) in [7, 11) is 0. The SMILES string of the molecule is CCOC(=O)c1coc2c1C(=O)C[C@@H](C)C2. The van der Waals surface area contributed by atoms with Crippen molar-refractivity contribution >= 4 is 11.8 Å². The molecule has 0 saturated carbocycles. The minimum absolute atomic E-state index is 0.0226. The van der Waals surface area contributed by atoms with Crippen LogP contribution in [0, 0.1) is 5.92 Å². The average Bonchev–Trinajstić information content (AvgIpc) is 2.61. The monoisotopic (exact) mass is 222 g/mol. The van der Waals surface area contributed by atoms with E-state index in [1.165, 1.54) is 6.26 Å². The first-order valence-corrected chi connectivity index (χ1v) is 5.44. The van der Waals surface area contributed by atoms with Gasteiger partial charge in [-0.05, 0) is 12.8 Å². The van der Waals surface area contributed by atoms with Gasteiger partial charge in [-0.25, -0.2) is 4.79 Å². The molecule has 0 spiro atoms. The van der Waals surface area contributed by atoms with Crippen molar-refractivity contribution in [2.45, 2.75) is 26.7 Å². The molecular weight excluding hydrogens is 208 g/mol. The maximum absolute atomic E-state index is 11.8. The number of Topliss-reactive ketones (excluding diaryl/α,β-unsaturated/α-hetero) is 1. The molecule has 16 heavy (non-hydrogen) atoms. The summed E-state index contributed by atoms with van der Waals surface area (Å²) in [5.74, 6) is 0.397. The third-order valence-electron chi connectivity index (χ3n) is 2.71. The van der Waals surface area contributed by atoms with Crippen LogP contribution in [0.25, 0.3) is 0 Å². The van der Waals surface area contributed by atoms with Gasteiger partial charge in [0, 0.05) is 12.8 Å². The summed E-state index contributed by atoms with van der Waals surface area (Å²) >= 11 is 0. The molecule has 1 aliphatic carbocycles. The molecule has 0 unspecified atom stereocenters. The highest BCUT2D eigenvalue weighted by atomic mass is 16.5. The molecule has 86 valence electrons. The normalized spacial score (nSPS) is 19.4. The fourth-order valence-corrected chi connectivity index (χ4v) is 2.02. The molecule has 0 aromatic carbocycles. The van der Waals surface area contributed by atoms with Gasteiger partial charge in [-0.1, -0.05) is 6.92 Å². The van der Waals surface area contributed by atoms with Gasteiger partial charge in [0.2, 0.25) is 0 Å². The Hall–Kier alpha value is -1.58. The van der Waals surface area contributed by atoms with Crippen LogP contribution in [-0.4, -0.2) is 18.4 Å². The predicted octanol–water partition coefficient (Wildman–Crippen LogP) is 2.22. The second-order valence-electron chi connectivity index (χ2n) is 4.10. The number of esters is 1. The Morgan fingerprint density at radius 3 is 3.00 bits per heavy atom. The maximum Gasteiger partial charge on any atom is 0.342 e. The van der Waals surface area contributed by atoms with Crippen molar-refractivity contribution in [3.8, 4) is 0 Å². The van der Waals surface area contributed by atoms with E-state index in [9.17, 15) is 9.59 Å². The second kappa shape index (κ2) is 4.12. The summed E-state index contributed by atoms with van der Waals surface area (Å²) in [5, 5.41) is 0. The van der Waals surface area contributed by atoms with E-state index in [4.69, 9.17) is 9.15 Å². The van der Waals surface area contributed by atoms with Crippen molar-refractivity contribution in [3.05, 3.63) is 23.2 Å². The van der Waals surface area contributed by atoms with Crippen LogP contribution >= 0.6 is 0 Å². The smallest absolute Gasteiger partial charge is 0.342 e. The molecule has 0 N–H and O–H groups in total. The summed E-state index contributed by atoms with van der Waals surface area (Å²) in [6, 6.07) is 0. The molecule has 0 fully saturated rings. The van der Waals surface area contributed by atoms with Gasteiger partial charge in [0.25, 0.3) is 0 Å². The Bertz CT molecular complexity index is 430. The molecule has 1 atom stereocenters. The van der Waals surface area contributed by atoms with Crippen LogP contribution in [0.5, 0.6) is 0 Å². The lowest BCUT2D eigenvalue weighted by Gasteiger charge is -2.16. The van der Waals surface area contributed by atoms with Crippen molar-refractivity contribution in [1.29, 1.82) is 0 Å². The van der Waals surface area contributed by atoms with Crippen molar-refractivity contribution < 1.29 is 18.7 Å². The van der Waals surface area contributed by atoms with E-state index >= 15 is 0 Å². The molecule has 0 radical (unpaired) electrons. The van der Waals surface area contributed by atoms with Gasteiger partial charge in [0.1, 0.15) is 17.6 Å². The second-order valence-corrected chi connectivity index (χ2v) is 4.10. The molecule has 4 heteroatoms. The highest BCUT2D eigenvalue weighted by molar-refractivity contribution is 6.07.